The average molecular weight is 253 g/mol. The molecule has 2 rings (SSSR count). The minimum atomic E-state index is 0.405. The van der Waals surface area contributed by atoms with E-state index in [2.05, 4.69) is 30.7 Å². The Morgan fingerprint density at radius 3 is 2.67 bits per heavy atom. The number of rotatable bonds is 3. The molecular weight excluding hydrogens is 222 g/mol. The summed E-state index contributed by atoms with van der Waals surface area (Å²) < 4.78 is 0. The van der Waals surface area contributed by atoms with Crippen molar-refractivity contribution < 1.29 is 0 Å². The second kappa shape index (κ2) is 5.89. The third-order valence-electron chi connectivity index (χ3n) is 5.13. The van der Waals surface area contributed by atoms with E-state index in [4.69, 9.17) is 5.73 Å². The van der Waals surface area contributed by atoms with Gasteiger partial charge in [0.2, 0.25) is 0 Å². The van der Waals surface area contributed by atoms with Crippen LogP contribution in [0.2, 0.25) is 0 Å². The monoisotopic (exact) mass is 253 g/mol. The molecule has 3 unspecified atom stereocenters. The molecule has 1 aliphatic heterocycles. The molecule has 2 fully saturated rings. The quantitative estimate of drug-likeness (QED) is 0.832. The van der Waals surface area contributed by atoms with Crippen LogP contribution >= 0.6 is 0 Å². The highest BCUT2D eigenvalue weighted by molar-refractivity contribution is 4.91. The first kappa shape index (κ1) is 14.3. The molecule has 3 atom stereocenters. The van der Waals surface area contributed by atoms with Crippen molar-refractivity contribution in [1.82, 2.24) is 9.80 Å². The summed E-state index contributed by atoms with van der Waals surface area (Å²) in [6.07, 6.45) is 5.45. The second-order valence-electron chi connectivity index (χ2n) is 6.99. The standard InChI is InChI=1S/C15H31N3/c1-13-5-4-6-15(9-13,11-16)12-18-8-7-17(3)10-14(18)2/h13-14H,4-12,16H2,1-3H3. The Morgan fingerprint density at radius 2 is 2.06 bits per heavy atom. The Kier molecular flexibility index (Phi) is 4.68. The van der Waals surface area contributed by atoms with E-state index in [1.807, 2.05) is 0 Å². The third kappa shape index (κ3) is 3.25. The van der Waals surface area contributed by atoms with Gasteiger partial charge >= 0.3 is 0 Å². The molecule has 2 N–H and O–H groups in total. The topological polar surface area (TPSA) is 32.5 Å². The molecule has 0 amide bonds. The van der Waals surface area contributed by atoms with Crippen LogP contribution in [0.25, 0.3) is 0 Å². The van der Waals surface area contributed by atoms with Crippen LogP contribution in [-0.4, -0.2) is 55.6 Å². The molecule has 0 aromatic rings. The summed E-state index contributed by atoms with van der Waals surface area (Å²) in [7, 11) is 2.23. The van der Waals surface area contributed by atoms with Crippen LogP contribution < -0.4 is 5.73 Å². The van der Waals surface area contributed by atoms with E-state index in [1.165, 1.54) is 51.9 Å². The van der Waals surface area contributed by atoms with Gasteiger partial charge < -0.3 is 10.6 Å². The largest absolute Gasteiger partial charge is 0.330 e. The maximum atomic E-state index is 6.15. The number of hydrogen-bond donors (Lipinski definition) is 1. The molecule has 0 spiro atoms. The van der Waals surface area contributed by atoms with Gasteiger partial charge in [-0.3, -0.25) is 4.90 Å². The first-order valence-electron chi connectivity index (χ1n) is 7.67. The molecule has 18 heavy (non-hydrogen) atoms. The van der Waals surface area contributed by atoms with Crippen molar-refractivity contribution in [3.05, 3.63) is 0 Å². The Morgan fingerprint density at radius 1 is 1.28 bits per heavy atom. The zero-order valence-electron chi connectivity index (χ0n) is 12.5. The Hall–Kier alpha value is -0.120. The number of piperazine rings is 1. The summed E-state index contributed by atoms with van der Waals surface area (Å²) >= 11 is 0. The fourth-order valence-corrected chi connectivity index (χ4v) is 4.01. The van der Waals surface area contributed by atoms with Gasteiger partial charge in [-0.2, -0.15) is 0 Å². The molecular formula is C15H31N3. The summed E-state index contributed by atoms with van der Waals surface area (Å²) in [6.45, 7) is 10.5. The molecule has 2 aliphatic rings. The summed E-state index contributed by atoms with van der Waals surface area (Å²) in [5, 5.41) is 0. The Bertz CT molecular complexity index is 268. The fraction of sp³-hybridized carbons (Fsp3) is 1.00. The summed E-state index contributed by atoms with van der Waals surface area (Å²) in [5.74, 6) is 0.866. The van der Waals surface area contributed by atoms with Gasteiger partial charge in [0.15, 0.2) is 0 Å². The lowest BCUT2D eigenvalue weighted by molar-refractivity contribution is 0.0308. The average Bonchev–Trinajstić information content (AvgIpc) is 2.33. The first-order chi connectivity index (χ1) is 8.54. The highest BCUT2D eigenvalue weighted by Gasteiger charge is 2.37. The SMILES string of the molecule is CC1CCCC(CN)(CN2CCN(C)CC2C)C1. The van der Waals surface area contributed by atoms with E-state index in [1.54, 1.807) is 0 Å². The predicted molar refractivity (Wildman–Crippen MR) is 77.7 cm³/mol. The van der Waals surface area contributed by atoms with Crippen LogP contribution in [0.4, 0.5) is 0 Å². The lowest BCUT2D eigenvalue weighted by Crippen LogP contribution is -2.55. The maximum Gasteiger partial charge on any atom is 0.0195 e. The fourth-order valence-electron chi connectivity index (χ4n) is 4.01. The van der Waals surface area contributed by atoms with Crippen LogP contribution in [0.3, 0.4) is 0 Å². The first-order valence-corrected chi connectivity index (χ1v) is 7.67. The zero-order chi connectivity index (χ0) is 13.2. The molecule has 0 aromatic carbocycles. The Labute approximate surface area is 113 Å². The zero-order valence-corrected chi connectivity index (χ0v) is 12.5. The molecule has 0 bridgehead atoms. The van der Waals surface area contributed by atoms with Crippen LogP contribution in [0, 0.1) is 11.3 Å². The Balaban J connectivity index is 1.97. The molecule has 1 saturated heterocycles. The van der Waals surface area contributed by atoms with E-state index in [0.717, 1.165) is 12.5 Å². The van der Waals surface area contributed by atoms with Crippen molar-refractivity contribution in [3.63, 3.8) is 0 Å². The van der Waals surface area contributed by atoms with Gasteiger partial charge in [-0.15, -0.1) is 0 Å². The van der Waals surface area contributed by atoms with Crippen molar-refractivity contribution in [1.29, 1.82) is 0 Å². The smallest absolute Gasteiger partial charge is 0.0195 e. The third-order valence-corrected chi connectivity index (χ3v) is 5.13. The molecule has 0 aromatic heterocycles. The van der Waals surface area contributed by atoms with E-state index in [-0.39, 0.29) is 0 Å². The molecule has 1 saturated carbocycles. The van der Waals surface area contributed by atoms with Crippen molar-refractivity contribution in [2.45, 2.75) is 45.6 Å². The van der Waals surface area contributed by atoms with Gasteiger partial charge in [0.05, 0.1) is 0 Å². The van der Waals surface area contributed by atoms with Crippen molar-refractivity contribution in [2.75, 3.05) is 39.8 Å². The normalized spacial score (nSPS) is 40.0. The molecule has 1 aliphatic carbocycles. The van der Waals surface area contributed by atoms with E-state index in [0.29, 0.717) is 11.5 Å². The maximum absolute atomic E-state index is 6.15. The lowest BCUT2D eigenvalue weighted by atomic mass is 9.69. The molecule has 3 nitrogen and oxygen atoms in total. The summed E-state index contributed by atoms with van der Waals surface area (Å²) in [6, 6.07) is 0.685. The van der Waals surface area contributed by atoms with Crippen LogP contribution in [-0.2, 0) is 0 Å². The van der Waals surface area contributed by atoms with E-state index >= 15 is 0 Å². The van der Waals surface area contributed by atoms with Gasteiger partial charge in [-0.25, -0.2) is 0 Å². The van der Waals surface area contributed by atoms with Gasteiger partial charge in [0.25, 0.3) is 0 Å². The highest BCUT2D eigenvalue weighted by Crippen LogP contribution is 2.39. The van der Waals surface area contributed by atoms with Crippen molar-refractivity contribution in [3.8, 4) is 0 Å². The van der Waals surface area contributed by atoms with E-state index < -0.39 is 0 Å². The molecule has 106 valence electrons. The van der Waals surface area contributed by atoms with Gasteiger partial charge in [-0.05, 0) is 44.7 Å². The number of hydrogen-bond acceptors (Lipinski definition) is 3. The number of nitrogens with zero attached hydrogens (tertiary/aromatic N) is 2. The van der Waals surface area contributed by atoms with E-state index in [9.17, 15) is 0 Å². The van der Waals surface area contributed by atoms with Crippen LogP contribution in [0.15, 0.2) is 0 Å². The van der Waals surface area contributed by atoms with Gasteiger partial charge in [0.1, 0.15) is 0 Å². The number of nitrogens with two attached hydrogens (primary N) is 1. The highest BCUT2D eigenvalue weighted by atomic mass is 15.3. The molecule has 3 heteroatoms. The minimum absolute atomic E-state index is 0.405. The molecule has 1 heterocycles. The molecule has 0 radical (unpaired) electrons. The second-order valence-corrected chi connectivity index (χ2v) is 6.99. The van der Waals surface area contributed by atoms with Gasteiger partial charge in [-0.1, -0.05) is 19.8 Å². The van der Waals surface area contributed by atoms with Crippen LogP contribution in [0.5, 0.6) is 0 Å². The predicted octanol–water partition coefficient (Wildman–Crippen LogP) is 1.78. The summed E-state index contributed by atoms with van der Waals surface area (Å²) in [5.41, 5.74) is 6.56. The van der Waals surface area contributed by atoms with Crippen LogP contribution in [0.1, 0.15) is 39.5 Å². The minimum Gasteiger partial charge on any atom is -0.330 e. The van der Waals surface area contributed by atoms with Crippen molar-refractivity contribution in [2.24, 2.45) is 17.1 Å². The van der Waals surface area contributed by atoms with Gasteiger partial charge in [0, 0.05) is 32.2 Å². The summed E-state index contributed by atoms with van der Waals surface area (Å²) in [4.78, 5) is 5.13. The number of likely N-dealkylation sites (N-methyl/N-ethyl adjacent to an activating group) is 1. The lowest BCUT2D eigenvalue weighted by Gasteiger charge is -2.47. The van der Waals surface area contributed by atoms with Crippen molar-refractivity contribution >= 4 is 0 Å².